The van der Waals surface area contributed by atoms with Crippen LogP contribution in [0.4, 0.5) is 4.79 Å². The summed E-state index contributed by atoms with van der Waals surface area (Å²) in [7, 11) is 0. The second kappa shape index (κ2) is 8.86. The van der Waals surface area contributed by atoms with Crippen LogP contribution in [0.3, 0.4) is 0 Å². The van der Waals surface area contributed by atoms with Gasteiger partial charge >= 0.3 is 6.16 Å². The van der Waals surface area contributed by atoms with Gasteiger partial charge in [-0.3, -0.25) is 0 Å². The number of hydrogen-bond acceptors (Lipinski definition) is 1. The van der Waals surface area contributed by atoms with Crippen molar-refractivity contribution >= 4 is 6.16 Å². The quantitative estimate of drug-likeness (QED) is 0.478. The number of carbonyl (C=O) groups is 1. The molecule has 0 amide bonds. The zero-order chi connectivity index (χ0) is 3.58. The van der Waals surface area contributed by atoms with Gasteiger partial charge in [-0.15, -0.1) is 0 Å². The maximum Gasteiger partial charge on any atom is 0.503 e. The Kier molecular flexibility index (Phi) is 27.5. The van der Waals surface area contributed by atoms with Crippen molar-refractivity contribution < 1.29 is 15.0 Å². The third-order valence-electron chi connectivity index (χ3n) is 0. The molecule has 3 heteroatoms. The Bertz CT molecular complexity index is 29.0. The van der Waals surface area contributed by atoms with Crippen molar-refractivity contribution in [2.75, 3.05) is 0 Å². The van der Waals surface area contributed by atoms with Gasteiger partial charge in [0.15, 0.2) is 0 Å². The first-order chi connectivity index (χ1) is 1.73. The van der Waals surface area contributed by atoms with Crippen molar-refractivity contribution in [3.63, 3.8) is 0 Å². The van der Waals surface area contributed by atoms with Gasteiger partial charge < -0.3 is 10.2 Å². The summed E-state index contributed by atoms with van der Waals surface area (Å²) in [6.45, 7) is 0. The van der Waals surface area contributed by atoms with Crippen molar-refractivity contribution in [2.24, 2.45) is 0 Å². The summed E-state index contributed by atoms with van der Waals surface area (Å²) in [5, 5.41) is 13.9. The summed E-state index contributed by atoms with van der Waals surface area (Å²) < 4.78 is 0. The van der Waals surface area contributed by atoms with E-state index in [1.807, 2.05) is 0 Å². The smallest absolute Gasteiger partial charge is 0.450 e. The number of hydrogen-bond donors (Lipinski definition) is 2. The van der Waals surface area contributed by atoms with Crippen LogP contribution in [0, 0.1) is 0 Å². The first kappa shape index (κ1) is 18.6. The van der Waals surface area contributed by atoms with Crippen molar-refractivity contribution in [2.45, 2.75) is 14.9 Å². The molecule has 0 saturated carbocycles. The monoisotopic (exact) mass is 94.1 g/mol. The van der Waals surface area contributed by atoms with Crippen molar-refractivity contribution in [1.82, 2.24) is 0 Å². The number of rotatable bonds is 0. The maximum absolute atomic E-state index is 8.56. The number of carboxylic acid groups (broad SMARTS) is 2. The van der Waals surface area contributed by atoms with Gasteiger partial charge in [0.2, 0.25) is 0 Å². The molecule has 0 radical (unpaired) electrons. The van der Waals surface area contributed by atoms with E-state index in [1.165, 1.54) is 0 Å². The molecule has 0 rings (SSSR count). The summed E-state index contributed by atoms with van der Waals surface area (Å²) in [6.07, 6.45) is -1.83. The fraction of sp³-hybridized carbons (Fsp3) is 0.667. The van der Waals surface area contributed by atoms with E-state index in [2.05, 4.69) is 0 Å². The van der Waals surface area contributed by atoms with Gasteiger partial charge in [0.1, 0.15) is 0 Å². The van der Waals surface area contributed by atoms with Crippen molar-refractivity contribution in [1.29, 1.82) is 0 Å². The minimum Gasteiger partial charge on any atom is -0.450 e. The van der Waals surface area contributed by atoms with Crippen LogP contribution in [0.25, 0.3) is 0 Å². The second-order valence-electron chi connectivity index (χ2n) is 0.283. The Morgan fingerprint density at radius 2 is 1.17 bits per heavy atom. The summed E-state index contributed by atoms with van der Waals surface area (Å²) >= 11 is 0. The average molecular weight is 94.1 g/mol. The molecule has 0 spiro atoms. The Morgan fingerprint density at radius 1 is 1.17 bits per heavy atom. The molecule has 0 aliphatic rings. The summed E-state index contributed by atoms with van der Waals surface area (Å²) in [6, 6.07) is 0. The van der Waals surface area contributed by atoms with Crippen LogP contribution in [-0.2, 0) is 0 Å². The topological polar surface area (TPSA) is 57.5 Å². The van der Waals surface area contributed by atoms with Crippen LogP contribution in [0.2, 0.25) is 0 Å². The molecule has 6 heavy (non-hydrogen) atoms. The fourth-order valence-electron chi connectivity index (χ4n) is 0. The van der Waals surface area contributed by atoms with Crippen molar-refractivity contribution in [3.05, 3.63) is 0 Å². The van der Waals surface area contributed by atoms with Crippen LogP contribution in [0.15, 0.2) is 0 Å². The fourth-order valence-corrected chi connectivity index (χ4v) is 0. The zero-order valence-electron chi connectivity index (χ0n) is 1.80. The third kappa shape index (κ3) is 31.6. The summed E-state index contributed by atoms with van der Waals surface area (Å²) in [5.74, 6) is 0. The Balaban J connectivity index is -0.0000000450. The molecule has 0 fully saturated rings. The van der Waals surface area contributed by atoms with Crippen LogP contribution in [0.5, 0.6) is 0 Å². The normalized spacial score (nSPS) is 4.00. The van der Waals surface area contributed by atoms with Crippen LogP contribution in [-0.4, -0.2) is 16.4 Å². The maximum atomic E-state index is 8.56. The Morgan fingerprint density at radius 3 is 1.17 bits per heavy atom. The van der Waals surface area contributed by atoms with Gasteiger partial charge in [-0.1, -0.05) is 14.9 Å². The predicted molar refractivity (Wildman–Crippen MR) is 24.1 cm³/mol. The zero-order valence-corrected chi connectivity index (χ0v) is 1.80. The molecular formula is C3H10O3. The average Bonchev–Trinajstić information content (AvgIpc) is 0.811. The van der Waals surface area contributed by atoms with Gasteiger partial charge in [-0.05, 0) is 0 Å². The summed E-state index contributed by atoms with van der Waals surface area (Å²) in [5.41, 5.74) is 0. The molecule has 0 aliphatic heterocycles. The summed E-state index contributed by atoms with van der Waals surface area (Å²) in [4.78, 5) is 8.56. The molecule has 0 unspecified atom stereocenters. The highest BCUT2D eigenvalue weighted by Gasteiger charge is 1.70. The van der Waals surface area contributed by atoms with Gasteiger partial charge in [0.05, 0.1) is 0 Å². The highest BCUT2D eigenvalue weighted by atomic mass is 16.6. The minimum absolute atomic E-state index is 0. The third-order valence-corrected chi connectivity index (χ3v) is 0. The predicted octanol–water partition coefficient (Wildman–Crippen LogP) is 1.49. The first-order valence-electron chi connectivity index (χ1n) is 0.651. The Labute approximate surface area is 37.2 Å². The van der Waals surface area contributed by atoms with Crippen LogP contribution >= 0.6 is 0 Å². The van der Waals surface area contributed by atoms with Gasteiger partial charge in [-0.2, -0.15) is 0 Å². The molecule has 0 aliphatic carbocycles. The lowest BCUT2D eigenvalue weighted by molar-refractivity contribution is 0.137. The van der Waals surface area contributed by atoms with E-state index in [4.69, 9.17) is 15.0 Å². The molecule has 0 saturated heterocycles. The molecule has 0 atom stereocenters. The van der Waals surface area contributed by atoms with E-state index in [-0.39, 0.29) is 14.9 Å². The lowest BCUT2D eigenvalue weighted by Crippen LogP contribution is -1.81. The van der Waals surface area contributed by atoms with E-state index in [0.717, 1.165) is 0 Å². The highest BCUT2D eigenvalue weighted by molar-refractivity contribution is 5.53. The van der Waals surface area contributed by atoms with Gasteiger partial charge in [0.25, 0.3) is 0 Å². The van der Waals surface area contributed by atoms with Gasteiger partial charge in [0, 0.05) is 0 Å². The van der Waals surface area contributed by atoms with E-state index in [1.54, 1.807) is 0 Å². The van der Waals surface area contributed by atoms with Gasteiger partial charge in [-0.25, -0.2) is 4.79 Å². The van der Waals surface area contributed by atoms with E-state index in [0.29, 0.717) is 0 Å². The van der Waals surface area contributed by atoms with Crippen molar-refractivity contribution in [3.8, 4) is 0 Å². The SMILES string of the molecule is C.C.O=C(O)O. The molecular weight excluding hydrogens is 84.0 g/mol. The lowest BCUT2D eigenvalue weighted by Gasteiger charge is -1.60. The molecule has 0 aromatic heterocycles. The van der Waals surface area contributed by atoms with Crippen LogP contribution in [0.1, 0.15) is 14.9 Å². The Hall–Kier alpha value is -0.730. The lowest BCUT2D eigenvalue weighted by atomic mass is 11.5. The molecule has 3 nitrogen and oxygen atoms in total. The first-order valence-corrected chi connectivity index (χ1v) is 0.651. The molecule has 0 aromatic rings. The molecule has 40 valence electrons. The second-order valence-corrected chi connectivity index (χ2v) is 0.283. The van der Waals surface area contributed by atoms with Crippen LogP contribution < -0.4 is 0 Å². The minimum atomic E-state index is -1.83. The van der Waals surface area contributed by atoms with E-state index in [9.17, 15) is 0 Å². The van der Waals surface area contributed by atoms with E-state index < -0.39 is 6.16 Å². The molecule has 2 N–H and O–H groups in total. The molecule has 0 bridgehead atoms. The standard InChI is InChI=1S/CH2O3.2CH4/c2-1(3)4;;/h(H2,2,3,4);2*1H4. The van der Waals surface area contributed by atoms with E-state index >= 15 is 0 Å². The highest BCUT2D eigenvalue weighted by Crippen LogP contribution is 1.42. The largest absolute Gasteiger partial charge is 0.503 e. The molecule has 0 aromatic carbocycles. The molecule has 0 heterocycles.